The Morgan fingerprint density at radius 3 is 2.88 bits per heavy atom. The highest BCUT2D eigenvalue weighted by Crippen LogP contribution is 2.26. The Hall–Kier alpha value is -1.52. The van der Waals surface area contributed by atoms with E-state index in [4.69, 9.17) is 4.42 Å². The Labute approximate surface area is 160 Å². The van der Waals surface area contributed by atoms with Crippen molar-refractivity contribution in [2.75, 3.05) is 28.8 Å². The van der Waals surface area contributed by atoms with Gasteiger partial charge in [0, 0.05) is 11.3 Å². The summed E-state index contributed by atoms with van der Waals surface area (Å²) in [4.78, 5) is 13.1. The number of nitrogens with zero attached hydrogens (tertiary/aromatic N) is 2. The van der Waals surface area contributed by atoms with Crippen molar-refractivity contribution in [1.29, 1.82) is 0 Å². The van der Waals surface area contributed by atoms with Crippen LogP contribution in [0.25, 0.3) is 0 Å². The zero-order chi connectivity index (χ0) is 18.6. The van der Waals surface area contributed by atoms with E-state index in [0.717, 1.165) is 22.3 Å². The van der Waals surface area contributed by atoms with Crippen molar-refractivity contribution in [3.8, 4) is 0 Å². The third-order valence-electron chi connectivity index (χ3n) is 3.95. The smallest absolute Gasteiger partial charge is 0.277 e. The van der Waals surface area contributed by atoms with Crippen molar-refractivity contribution in [3.63, 3.8) is 0 Å². The van der Waals surface area contributed by atoms with Crippen LogP contribution >= 0.6 is 23.5 Å². The van der Waals surface area contributed by atoms with E-state index >= 15 is 0 Å². The number of carbonyl (C=O) groups excluding carboxylic acids is 1. The maximum Gasteiger partial charge on any atom is 0.277 e. The Balaban J connectivity index is 1.49. The van der Waals surface area contributed by atoms with Crippen LogP contribution in [0.4, 0.5) is 5.69 Å². The molecule has 1 aliphatic rings. The summed E-state index contributed by atoms with van der Waals surface area (Å²) in [5.74, 6) is 0.855. The summed E-state index contributed by atoms with van der Waals surface area (Å²) < 4.78 is 28.5. The van der Waals surface area contributed by atoms with Crippen molar-refractivity contribution in [2.45, 2.75) is 23.0 Å². The van der Waals surface area contributed by atoms with Crippen molar-refractivity contribution >= 4 is 45.0 Å². The van der Waals surface area contributed by atoms with Crippen LogP contribution in [-0.2, 0) is 21.1 Å². The van der Waals surface area contributed by atoms with Crippen LogP contribution in [0.3, 0.4) is 0 Å². The number of aromatic nitrogens is 2. The number of para-hydroxylation sites is 1. The fourth-order valence-electron chi connectivity index (χ4n) is 2.72. The lowest BCUT2D eigenvalue weighted by molar-refractivity contribution is -0.113. The van der Waals surface area contributed by atoms with Crippen LogP contribution in [0.15, 0.2) is 38.8 Å². The van der Waals surface area contributed by atoms with Gasteiger partial charge in [0.15, 0.2) is 9.84 Å². The molecule has 140 valence electrons. The second kappa shape index (κ2) is 8.45. The highest BCUT2D eigenvalue weighted by atomic mass is 32.2. The molecule has 0 saturated carbocycles. The van der Waals surface area contributed by atoms with Gasteiger partial charge in [-0.25, -0.2) is 8.42 Å². The van der Waals surface area contributed by atoms with Crippen LogP contribution in [0.5, 0.6) is 0 Å². The molecule has 1 aliphatic heterocycles. The molecule has 1 aromatic heterocycles. The van der Waals surface area contributed by atoms with E-state index in [9.17, 15) is 13.2 Å². The second-order valence-electron chi connectivity index (χ2n) is 5.97. The van der Waals surface area contributed by atoms with E-state index in [0.29, 0.717) is 24.0 Å². The molecule has 10 heteroatoms. The SMILES string of the molecule is CSc1ccccc1NC(=O)CSc1nnc(C[C@H]2CCS(=O)(=O)C2)o1. The zero-order valence-electron chi connectivity index (χ0n) is 14.2. The lowest BCUT2D eigenvalue weighted by Crippen LogP contribution is -2.14. The number of carbonyl (C=O) groups is 1. The summed E-state index contributed by atoms with van der Waals surface area (Å²) in [6, 6.07) is 7.59. The minimum atomic E-state index is -2.92. The number of hydrogen-bond donors (Lipinski definition) is 1. The fraction of sp³-hybridized carbons (Fsp3) is 0.438. The Bertz CT molecular complexity index is 882. The van der Waals surface area contributed by atoms with E-state index < -0.39 is 9.84 Å². The van der Waals surface area contributed by atoms with Crippen LogP contribution < -0.4 is 5.32 Å². The molecule has 0 radical (unpaired) electrons. The van der Waals surface area contributed by atoms with Gasteiger partial charge in [-0.1, -0.05) is 23.9 Å². The predicted molar refractivity (Wildman–Crippen MR) is 102 cm³/mol. The van der Waals surface area contributed by atoms with Crippen LogP contribution in [-0.4, -0.2) is 48.0 Å². The molecule has 1 N–H and O–H groups in total. The van der Waals surface area contributed by atoms with Crippen LogP contribution in [0.2, 0.25) is 0 Å². The molecule has 0 unspecified atom stereocenters. The summed E-state index contributed by atoms with van der Waals surface area (Å²) in [5.41, 5.74) is 0.777. The molecule has 7 nitrogen and oxygen atoms in total. The Kier molecular flexibility index (Phi) is 6.25. The molecule has 3 rings (SSSR count). The number of sulfone groups is 1. The number of nitrogens with one attached hydrogen (secondary N) is 1. The van der Waals surface area contributed by atoms with Crippen molar-refractivity contribution in [1.82, 2.24) is 10.2 Å². The first-order valence-electron chi connectivity index (χ1n) is 8.03. The van der Waals surface area contributed by atoms with Gasteiger partial charge < -0.3 is 9.73 Å². The van der Waals surface area contributed by atoms with E-state index in [1.807, 2.05) is 30.5 Å². The average molecular weight is 414 g/mol. The van der Waals surface area contributed by atoms with Gasteiger partial charge in [0.2, 0.25) is 11.8 Å². The lowest BCUT2D eigenvalue weighted by atomic mass is 10.1. The molecule has 26 heavy (non-hydrogen) atoms. The molecule has 1 aromatic carbocycles. The van der Waals surface area contributed by atoms with E-state index in [2.05, 4.69) is 15.5 Å². The molecular formula is C16H19N3O4S3. The third-order valence-corrected chi connectivity index (χ3v) is 7.40. The summed E-state index contributed by atoms with van der Waals surface area (Å²) in [6.45, 7) is 0. The van der Waals surface area contributed by atoms with Crippen molar-refractivity contribution in [2.24, 2.45) is 5.92 Å². The van der Waals surface area contributed by atoms with Gasteiger partial charge in [-0.05, 0) is 30.7 Å². The molecule has 2 aromatic rings. The molecule has 1 saturated heterocycles. The highest BCUT2D eigenvalue weighted by Gasteiger charge is 2.29. The van der Waals surface area contributed by atoms with Crippen LogP contribution in [0, 0.1) is 5.92 Å². The number of hydrogen-bond acceptors (Lipinski definition) is 8. The van der Waals surface area contributed by atoms with Crippen LogP contribution in [0.1, 0.15) is 12.3 Å². The molecule has 0 spiro atoms. The number of thioether (sulfide) groups is 2. The van der Waals surface area contributed by atoms with Crippen molar-refractivity contribution < 1.29 is 17.6 Å². The van der Waals surface area contributed by atoms with Gasteiger partial charge in [-0.3, -0.25) is 4.79 Å². The lowest BCUT2D eigenvalue weighted by Gasteiger charge is -2.08. The summed E-state index contributed by atoms with van der Waals surface area (Å²) in [7, 11) is -2.92. The summed E-state index contributed by atoms with van der Waals surface area (Å²) in [6.07, 6.45) is 3.04. The average Bonchev–Trinajstić information content (AvgIpc) is 3.19. The number of rotatable bonds is 7. The van der Waals surface area contributed by atoms with E-state index in [1.54, 1.807) is 11.8 Å². The second-order valence-corrected chi connectivity index (χ2v) is 9.98. The molecule has 1 fully saturated rings. The van der Waals surface area contributed by atoms with Crippen molar-refractivity contribution in [3.05, 3.63) is 30.2 Å². The predicted octanol–water partition coefficient (Wildman–Crippen LogP) is 2.50. The third kappa shape index (κ3) is 5.24. The standard InChI is InChI=1S/C16H19N3O4S3/c1-24-13-5-3-2-4-12(13)17-14(20)9-25-16-19-18-15(23-16)8-11-6-7-26(21,22)10-11/h2-5,11H,6-10H2,1H3,(H,17,20)/t11-/m1/s1. The first-order chi connectivity index (χ1) is 12.4. The molecular weight excluding hydrogens is 394 g/mol. The Morgan fingerprint density at radius 2 is 2.15 bits per heavy atom. The topological polar surface area (TPSA) is 102 Å². The van der Waals surface area contributed by atoms with Gasteiger partial charge in [0.25, 0.3) is 5.22 Å². The molecule has 0 aliphatic carbocycles. The van der Waals surface area contributed by atoms with Gasteiger partial charge in [0.1, 0.15) is 0 Å². The van der Waals surface area contributed by atoms with Gasteiger partial charge in [-0.15, -0.1) is 22.0 Å². The highest BCUT2D eigenvalue weighted by molar-refractivity contribution is 7.99. The molecule has 2 heterocycles. The normalized spacial score (nSPS) is 18.7. The van der Waals surface area contributed by atoms with Gasteiger partial charge in [-0.2, -0.15) is 0 Å². The quantitative estimate of drug-likeness (QED) is 0.691. The van der Waals surface area contributed by atoms with Gasteiger partial charge in [0.05, 0.1) is 22.9 Å². The maximum absolute atomic E-state index is 12.1. The number of benzene rings is 1. The number of amides is 1. The Morgan fingerprint density at radius 1 is 1.35 bits per heavy atom. The number of anilines is 1. The van der Waals surface area contributed by atoms with E-state index in [-0.39, 0.29) is 29.1 Å². The fourth-order valence-corrected chi connectivity index (χ4v) is 5.72. The summed E-state index contributed by atoms with van der Waals surface area (Å²) >= 11 is 2.73. The minimum absolute atomic E-state index is 0.0321. The van der Waals surface area contributed by atoms with E-state index in [1.165, 1.54) is 0 Å². The monoisotopic (exact) mass is 413 g/mol. The maximum atomic E-state index is 12.1. The zero-order valence-corrected chi connectivity index (χ0v) is 16.6. The minimum Gasteiger partial charge on any atom is -0.416 e. The first-order valence-corrected chi connectivity index (χ1v) is 12.1. The summed E-state index contributed by atoms with van der Waals surface area (Å²) in [5, 5.41) is 11.1. The molecule has 1 atom stereocenters. The largest absolute Gasteiger partial charge is 0.416 e. The van der Waals surface area contributed by atoms with Gasteiger partial charge >= 0.3 is 0 Å². The molecule has 1 amide bonds. The first kappa shape index (κ1) is 19.2. The molecule has 0 bridgehead atoms.